The minimum atomic E-state index is -1.53. The molecule has 0 aliphatic rings. The zero-order chi connectivity index (χ0) is 11.7. The zero-order valence-corrected chi connectivity index (χ0v) is 10.1. The van der Waals surface area contributed by atoms with Gasteiger partial charge in [0, 0.05) is 22.5 Å². The van der Waals surface area contributed by atoms with Crippen molar-refractivity contribution in [2.45, 2.75) is 26.4 Å². The van der Waals surface area contributed by atoms with E-state index in [1.165, 1.54) is 6.92 Å². The highest BCUT2D eigenvalue weighted by molar-refractivity contribution is 6.31. The monoisotopic (exact) mass is 229 g/mol. The van der Waals surface area contributed by atoms with Gasteiger partial charge < -0.3 is 5.73 Å². The summed E-state index contributed by atoms with van der Waals surface area (Å²) in [4.78, 5) is 0. The molecule has 0 aliphatic carbocycles. The highest BCUT2D eigenvalue weighted by Crippen LogP contribution is 2.44. The number of benzene rings is 1. The molecule has 0 fully saturated rings. The number of halogens is 2. The van der Waals surface area contributed by atoms with Crippen LogP contribution in [0.25, 0.3) is 0 Å². The predicted octanol–water partition coefficient (Wildman–Crippen LogP) is 3.51. The average Bonchev–Trinajstić information content (AvgIpc) is 2.18. The van der Waals surface area contributed by atoms with Gasteiger partial charge in [0.1, 0.15) is 5.67 Å². The van der Waals surface area contributed by atoms with E-state index in [0.29, 0.717) is 10.6 Å². The van der Waals surface area contributed by atoms with E-state index in [1.807, 2.05) is 0 Å². The lowest BCUT2D eigenvalue weighted by atomic mass is 9.73. The molecule has 0 aromatic heterocycles. The van der Waals surface area contributed by atoms with Crippen LogP contribution in [-0.2, 0) is 5.67 Å². The molecule has 0 bridgehead atoms. The van der Waals surface area contributed by atoms with Gasteiger partial charge in [-0.25, -0.2) is 4.39 Å². The molecule has 0 heterocycles. The van der Waals surface area contributed by atoms with Crippen LogP contribution in [0, 0.1) is 5.41 Å². The molecule has 0 saturated carbocycles. The molecule has 0 saturated heterocycles. The summed E-state index contributed by atoms with van der Waals surface area (Å²) in [5, 5.41) is 0.448. The van der Waals surface area contributed by atoms with Crippen molar-refractivity contribution < 1.29 is 4.39 Å². The van der Waals surface area contributed by atoms with Crippen LogP contribution in [0.5, 0.6) is 0 Å². The van der Waals surface area contributed by atoms with Crippen LogP contribution in [0.2, 0.25) is 5.02 Å². The molecule has 0 amide bonds. The molecule has 1 aromatic carbocycles. The Morgan fingerprint density at radius 3 is 2.27 bits per heavy atom. The van der Waals surface area contributed by atoms with E-state index < -0.39 is 11.1 Å². The van der Waals surface area contributed by atoms with Gasteiger partial charge in [-0.1, -0.05) is 43.6 Å². The van der Waals surface area contributed by atoms with Gasteiger partial charge in [-0.2, -0.15) is 0 Å². The number of nitrogens with two attached hydrogens (primary N) is 1. The first kappa shape index (κ1) is 12.5. The second-order valence-corrected chi connectivity index (χ2v) is 4.98. The topological polar surface area (TPSA) is 26.0 Å². The molecular formula is C12H17ClFN. The molecule has 0 radical (unpaired) electrons. The smallest absolute Gasteiger partial charge is 0.140 e. The largest absolute Gasteiger partial charge is 0.330 e. The third-order valence-electron chi connectivity index (χ3n) is 3.16. The minimum Gasteiger partial charge on any atom is -0.330 e. The van der Waals surface area contributed by atoms with Crippen molar-refractivity contribution in [3.8, 4) is 0 Å². The summed E-state index contributed by atoms with van der Waals surface area (Å²) in [6, 6.07) is 6.98. The summed E-state index contributed by atoms with van der Waals surface area (Å²) in [5.74, 6) is 0. The van der Waals surface area contributed by atoms with Crippen LogP contribution >= 0.6 is 11.6 Å². The zero-order valence-electron chi connectivity index (χ0n) is 9.35. The molecule has 1 nitrogen and oxygen atoms in total. The van der Waals surface area contributed by atoms with Crippen LogP contribution in [0.15, 0.2) is 24.3 Å². The van der Waals surface area contributed by atoms with E-state index in [2.05, 4.69) is 0 Å². The van der Waals surface area contributed by atoms with E-state index in [1.54, 1.807) is 38.1 Å². The number of hydrogen-bond donors (Lipinski definition) is 1. The van der Waals surface area contributed by atoms with Crippen molar-refractivity contribution in [1.82, 2.24) is 0 Å². The summed E-state index contributed by atoms with van der Waals surface area (Å²) in [7, 11) is 0. The summed E-state index contributed by atoms with van der Waals surface area (Å²) in [6.07, 6.45) is 0. The molecule has 1 atom stereocenters. The third kappa shape index (κ3) is 2.16. The first-order valence-electron chi connectivity index (χ1n) is 4.97. The Morgan fingerprint density at radius 1 is 1.27 bits per heavy atom. The van der Waals surface area contributed by atoms with Gasteiger partial charge in [0.05, 0.1) is 0 Å². The lowest BCUT2D eigenvalue weighted by molar-refractivity contribution is 0.0373. The van der Waals surface area contributed by atoms with Crippen LogP contribution in [-0.4, -0.2) is 6.54 Å². The molecule has 3 heteroatoms. The number of rotatable bonds is 3. The Bertz CT molecular complexity index is 347. The van der Waals surface area contributed by atoms with Gasteiger partial charge in [-0.15, -0.1) is 0 Å². The van der Waals surface area contributed by atoms with Crippen molar-refractivity contribution in [2.75, 3.05) is 6.54 Å². The van der Waals surface area contributed by atoms with E-state index in [4.69, 9.17) is 17.3 Å². The second-order valence-electron chi connectivity index (χ2n) is 4.57. The Labute approximate surface area is 95.4 Å². The lowest BCUT2D eigenvalue weighted by Gasteiger charge is -2.37. The van der Waals surface area contributed by atoms with Crippen LogP contribution < -0.4 is 5.73 Å². The molecule has 0 aliphatic heterocycles. The van der Waals surface area contributed by atoms with Gasteiger partial charge in [-0.05, 0) is 13.0 Å². The highest BCUT2D eigenvalue weighted by Gasteiger charge is 2.43. The van der Waals surface area contributed by atoms with Gasteiger partial charge >= 0.3 is 0 Å². The van der Waals surface area contributed by atoms with Crippen LogP contribution in [0.4, 0.5) is 4.39 Å². The standard InChI is InChI=1S/C12H17ClFN/c1-11(2,8-15)12(3,14)9-6-4-5-7-10(9)13/h4-7H,8,15H2,1-3H3. The summed E-state index contributed by atoms with van der Waals surface area (Å²) >= 11 is 5.99. The second kappa shape index (κ2) is 4.11. The number of alkyl halides is 1. The SMILES string of the molecule is CC(C)(CN)C(C)(F)c1ccccc1Cl. The van der Waals surface area contributed by atoms with Crippen LogP contribution in [0.3, 0.4) is 0 Å². The minimum absolute atomic E-state index is 0.269. The number of hydrogen-bond acceptors (Lipinski definition) is 1. The fraction of sp³-hybridized carbons (Fsp3) is 0.500. The molecule has 0 spiro atoms. The maximum atomic E-state index is 14.7. The molecule has 84 valence electrons. The molecule has 1 rings (SSSR count). The van der Waals surface area contributed by atoms with Gasteiger partial charge in [0.15, 0.2) is 0 Å². The van der Waals surface area contributed by atoms with E-state index >= 15 is 0 Å². The molecule has 15 heavy (non-hydrogen) atoms. The fourth-order valence-electron chi connectivity index (χ4n) is 1.40. The van der Waals surface area contributed by atoms with Gasteiger partial charge in [-0.3, -0.25) is 0 Å². The first-order chi connectivity index (χ1) is 6.83. The average molecular weight is 230 g/mol. The van der Waals surface area contributed by atoms with Crippen molar-refractivity contribution in [3.05, 3.63) is 34.9 Å². The molecule has 2 N–H and O–H groups in total. The van der Waals surface area contributed by atoms with E-state index in [0.717, 1.165) is 0 Å². The molecule has 1 aromatic rings. The summed E-state index contributed by atoms with van der Waals surface area (Å²) in [6.45, 7) is 5.40. The Balaban J connectivity index is 3.22. The normalized spacial score (nSPS) is 16.1. The van der Waals surface area contributed by atoms with Crippen molar-refractivity contribution >= 4 is 11.6 Å². The Kier molecular flexibility index (Phi) is 3.41. The summed E-state index contributed by atoms with van der Waals surface area (Å²) < 4.78 is 14.7. The predicted molar refractivity (Wildman–Crippen MR) is 62.7 cm³/mol. The van der Waals surface area contributed by atoms with E-state index in [-0.39, 0.29) is 6.54 Å². The Morgan fingerprint density at radius 2 is 1.80 bits per heavy atom. The molecule has 1 unspecified atom stereocenters. The molecular weight excluding hydrogens is 213 g/mol. The maximum absolute atomic E-state index is 14.7. The Hall–Kier alpha value is -0.600. The van der Waals surface area contributed by atoms with E-state index in [9.17, 15) is 4.39 Å². The van der Waals surface area contributed by atoms with Crippen molar-refractivity contribution in [3.63, 3.8) is 0 Å². The van der Waals surface area contributed by atoms with Crippen LogP contribution in [0.1, 0.15) is 26.3 Å². The quantitative estimate of drug-likeness (QED) is 0.844. The van der Waals surface area contributed by atoms with Gasteiger partial charge in [0.25, 0.3) is 0 Å². The van der Waals surface area contributed by atoms with Gasteiger partial charge in [0.2, 0.25) is 0 Å². The van der Waals surface area contributed by atoms with Crippen molar-refractivity contribution in [1.29, 1.82) is 0 Å². The first-order valence-corrected chi connectivity index (χ1v) is 5.35. The van der Waals surface area contributed by atoms with Crippen molar-refractivity contribution in [2.24, 2.45) is 11.1 Å². The summed E-state index contributed by atoms with van der Waals surface area (Å²) in [5.41, 5.74) is 3.93. The highest BCUT2D eigenvalue weighted by atomic mass is 35.5. The third-order valence-corrected chi connectivity index (χ3v) is 3.49. The fourth-order valence-corrected chi connectivity index (χ4v) is 1.71. The lowest BCUT2D eigenvalue weighted by Crippen LogP contribution is -2.41. The maximum Gasteiger partial charge on any atom is 0.140 e.